The molecular formula is C12H12ClN3O. The fraction of sp³-hybridized carbons (Fsp3) is 0.167. The summed E-state index contributed by atoms with van der Waals surface area (Å²) in [5, 5.41) is 0.658. The molecule has 0 unspecified atom stereocenters. The summed E-state index contributed by atoms with van der Waals surface area (Å²) in [6, 6.07) is 5.68. The molecule has 1 aliphatic rings. The average Bonchev–Trinajstić information content (AvgIpc) is 2.60. The molecule has 17 heavy (non-hydrogen) atoms. The third-order valence-corrected chi connectivity index (χ3v) is 2.85. The van der Waals surface area contributed by atoms with Crippen molar-refractivity contribution in [3.63, 3.8) is 0 Å². The van der Waals surface area contributed by atoms with E-state index in [1.165, 1.54) is 11.6 Å². The first-order valence-electron chi connectivity index (χ1n) is 5.19. The van der Waals surface area contributed by atoms with E-state index in [0.29, 0.717) is 5.02 Å². The number of fused-ring (bicyclic) bond motifs is 1. The topological polar surface area (TPSA) is 81.5 Å². The Kier molecular flexibility index (Phi) is 3.15. The Morgan fingerprint density at radius 2 is 2.12 bits per heavy atom. The van der Waals surface area contributed by atoms with Gasteiger partial charge in [-0.3, -0.25) is 4.79 Å². The van der Waals surface area contributed by atoms with E-state index in [-0.39, 0.29) is 5.96 Å². The Labute approximate surface area is 104 Å². The van der Waals surface area contributed by atoms with Crippen LogP contribution in [0.1, 0.15) is 17.5 Å². The second-order valence-corrected chi connectivity index (χ2v) is 4.28. The number of aliphatic imine (C=N–C) groups is 1. The number of guanidine groups is 1. The maximum Gasteiger partial charge on any atom is 0.273 e. The Morgan fingerprint density at radius 3 is 2.82 bits per heavy atom. The van der Waals surface area contributed by atoms with E-state index in [1.807, 2.05) is 18.2 Å². The van der Waals surface area contributed by atoms with Crippen molar-refractivity contribution in [1.29, 1.82) is 0 Å². The van der Waals surface area contributed by atoms with Gasteiger partial charge in [-0.05, 0) is 41.7 Å². The van der Waals surface area contributed by atoms with Crippen molar-refractivity contribution in [2.45, 2.75) is 12.8 Å². The fourth-order valence-electron chi connectivity index (χ4n) is 1.93. The minimum atomic E-state index is -0.437. The Balaban J connectivity index is 2.33. The second-order valence-electron chi connectivity index (χ2n) is 3.85. The first-order valence-corrected chi connectivity index (χ1v) is 5.57. The predicted molar refractivity (Wildman–Crippen MR) is 68.6 cm³/mol. The number of hydrogen-bond donors (Lipinski definition) is 2. The third-order valence-electron chi connectivity index (χ3n) is 2.62. The summed E-state index contributed by atoms with van der Waals surface area (Å²) < 4.78 is 0. The van der Waals surface area contributed by atoms with Crippen LogP contribution < -0.4 is 11.5 Å². The van der Waals surface area contributed by atoms with Gasteiger partial charge < -0.3 is 11.5 Å². The molecule has 0 bridgehead atoms. The molecule has 0 saturated heterocycles. The van der Waals surface area contributed by atoms with Crippen LogP contribution >= 0.6 is 11.6 Å². The molecular weight excluding hydrogens is 238 g/mol. The molecule has 1 aromatic rings. The summed E-state index contributed by atoms with van der Waals surface area (Å²) in [5.41, 5.74) is 13.4. The molecule has 88 valence electrons. The van der Waals surface area contributed by atoms with Gasteiger partial charge in [0.15, 0.2) is 5.96 Å². The second kappa shape index (κ2) is 4.59. The van der Waals surface area contributed by atoms with Gasteiger partial charge in [0.2, 0.25) is 0 Å². The lowest BCUT2D eigenvalue weighted by Crippen LogP contribution is -2.23. The predicted octanol–water partition coefficient (Wildman–Crippen LogP) is 1.47. The molecule has 0 aromatic heterocycles. The van der Waals surface area contributed by atoms with Gasteiger partial charge in [0.1, 0.15) is 0 Å². The lowest BCUT2D eigenvalue weighted by atomic mass is 10.1. The van der Waals surface area contributed by atoms with E-state index >= 15 is 0 Å². The van der Waals surface area contributed by atoms with Gasteiger partial charge >= 0.3 is 0 Å². The van der Waals surface area contributed by atoms with Crippen LogP contribution in [0.3, 0.4) is 0 Å². The van der Waals surface area contributed by atoms with Crippen LogP contribution in [-0.4, -0.2) is 11.9 Å². The van der Waals surface area contributed by atoms with Crippen LogP contribution in [0, 0.1) is 0 Å². The molecule has 1 aliphatic carbocycles. The van der Waals surface area contributed by atoms with Crippen molar-refractivity contribution in [2.24, 2.45) is 16.5 Å². The SMILES string of the molecule is NC(N)=NC(=O)/C=C1/CCc2ccc(Cl)cc21. The molecule has 0 heterocycles. The zero-order valence-electron chi connectivity index (χ0n) is 9.11. The Hall–Kier alpha value is -1.81. The standard InChI is InChI=1S/C12H12ClN3O/c13-9-4-3-7-1-2-8(10(7)6-9)5-11(17)16-12(14)15/h3-6H,1-2H2,(H4,14,15,16,17)/b8-5-. The van der Waals surface area contributed by atoms with E-state index < -0.39 is 5.91 Å². The van der Waals surface area contributed by atoms with Crippen LogP contribution in [0.2, 0.25) is 5.02 Å². The largest absolute Gasteiger partial charge is 0.370 e. The number of carbonyl (C=O) groups is 1. The van der Waals surface area contributed by atoms with Crippen LogP contribution in [-0.2, 0) is 11.2 Å². The summed E-state index contributed by atoms with van der Waals surface area (Å²) in [6.07, 6.45) is 3.18. The van der Waals surface area contributed by atoms with Gasteiger partial charge in [-0.1, -0.05) is 17.7 Å². The van der Waals surface area contributed by atoms with E-state index in [4.69, 9.17) is 23.1 Å². The number of aryl methyl sites for hydroxylation is 1. The zero-order chi connectivity index (χ0) is 12.4. The number of hydrogen-bond acceptors (Lipinski definition) is 1. The zero-order valence-corrected chi connectivity index (χ0v) is 9.87. The van der Waals surface area contributed by atoms with Crippen LogP contribution in [0.4, 0.5) is 0 Å². The minimum absolute atomic E-state index is 0.226. The number of benzene rings is 1. The number of allylic oxidation sites excluding steroid dienone is 1. The lowest BCUT2D eigenvalue weighted by Gasteiger charge is -2.00. The highest BCUT2D eigenvalue weighted by Crippen LogP contribution is 2.33. The van der Waals surface area contributed by atoms with Crippen molar-refractivity contribution in [2.75, 3.05) is 0 Å². The van der Waals surface area contributed by atoms with Crippen molar-refractivity contribution in [3.8, 4) is 0 Å². The van der Waals surface area contributed by atoms with Crippen LogP contribution in [0.5, 0.6) is 0 Å². The summed E-state index contributed by atoms with van der Waals surface area (Å²) in [6.45, 7) is 0. The summed E-state index contributed by atoms with van der Waals surface area (Å²) in [5.74, 6) is -0.663. The van der Waals surface area contributed by atoms with E-state index in [0.717, 1.165) is 24.0 Å². The molecule has 2 rings (SSSR count). The third kappa shape index (κ3) is 2.65. The Morgan fingerprint density at radius 1 is 1.35 bits per heavy atom. The molecule has 4 N–H and O–H groups in total. The monoisotopic (exact) mass is 249 g/mol. The Bertz CT molecular complexity index is 531. The van der Waals surface area contributed by atoms with E-state index in [2.05, 4.69) is 4.99 Å². The first-order chi connectivity index (χ1) is 8.06. The van der Waals surface area contributed by atoms with Crippen molar-refractivity contribution >= 4 is 29.0 Å². The van der Waals surface area contributed by atoms with Gasteiger partial charge in [-0.2, -0.15) is 4.99 Å². The molecule has 0 aliphatic heterocycles. The highest BCUT2D eigenvalue weighted by atomic mass is 35.5. The van der Waals surface area contributed by atoms with Crippen LogP contribution in [0.25, 0.3) is 5.57 Å². The number of amides is 1. The maximum atomic E-state index is 11.4. The number of rotatable bonds is 1. The normalized spacial score (nSPS) is 15.7. The molecule has 5 heteroatoms. The highest BCUT2D eigenvalue weighted by Gasteiger charge is 2.17. The summed E-state index contributed by atoms with van der Waals surface area (Å²) in [7, 11) is 0. The van der Waals surface area contributed by atoms with Gasteiger partial charge in [0.25, 0.3) is 5.91 Å². The molecule has 0 spiro atoms. The van der Waals surface area contributed by atoms with Crippen LogP contribution in [0.15, 0.2) is 29.3 Å². The summed E-state index contributed by atoms with van der Waals surface area (Å²) >= 11 is 5.93. The number of carbonyl (C=O) groups excluding carboxylic acids is 1. The number of halogens is 1. The van der Waals surface area contributed by atoms with Crippen molar-refractivity contribution < 1.29 is 4.79 Å². The minimum Gasteiger partial charge on any atom is -0.370 e. The molecule has 1 aromatic carbocycles. The fourth-order valence-corrected chi connectivity index (χ4v) is 2.10. The molecule has 4 nitrogen and oxygen atoms in total. The molecule has 0 atom stereocenters. The van der Waals surface area contributed by atoms with Crippen molar-refractivity contribution in [3.05, 3.63) is 40.4 Å². The molecule has 0 fully saturated rings. The number of nitrogens with zero attached hydrogens (tertiary/aromatic N) is 1. The average molecular weight is 250 g/mol. The highest BCUT2D eigenvalue weighted by molar-refractivity contribution is 6.30. The molecule has 0 saturated carbocycles. The summed E-state index contributed by atoms with van der Waals surface area (Å²) in [4.78, 5) is 14.9. The van der Waals surface area contributed by atoms with E-state index in [9.17, 15) is 4.79 Å². The van der Waals surface area contributed by atoms with Gasteiger partial charge in [0, 0.05) is 11.1 Å². The van der Waals surface area contributed by atoms with Crippen molar-refractivity contribution in [1.82, 2.24) is 0 Å². The molecule has 0 radical (unpaired) electrons. The maximum absolute atomic E-state index is 11.4. The first kappa shape index (κ1) is 11.7. The van der Waals surface area contributed by atoms with E-state index in [1.54, 1.807) is 0 Å². The quantitative estimate of drug-likeness (QED) is 0.449. The molecule has 1 amide bonds. The van der Waals surface area contributed by atoms with Gasteiger partial charge in [-0.25, -0.2) is 0 Å². The number of nitrogens with two attached hydrogens (primary N) is 2. The lowest BCUT2D eigenvalue weighted by molar-refractivity contribution is -0.113. The van der Waals surface area contributed by atoms with Gasteiger partial charge in [0.05, 0.1) is 0 Å². The smallest absolute Gasteiger partial charge is 0.273 e. The van der Waals surface area contributed by atoms with Gasteiger partial charge in [-0.15, -0.1) is 0 Å².